The zero-order valence-electron chi connectivity index (χ0n) is 11.2. The summed E-state index contributed by atoms with van der Waals surface area (Å²) in [6, 6.07) is 11.2. The van der Waals surface area contributed by atoms with Crippen molar-refractivity contribution in [1.82, 2.24) is 4.98 Å². The maximum Gasteiger partial charge on any atom is 0.264 e. The third-order valence-electron chi connectivity index (χ3n) is 2.79. The third-order valence-corrected chi connectivity index (χ3v) is 3.96. The lowest BCUT2D eigenvalue weighted by Crippen LogP contribution is -2.20. The molecule has 0 radical (unpaired) electrons. The van der Waals surface area contributed by atoms with Gasteiger partial charge in [0.05, 0.1) is 10.2 Å². The van der Waals surface area contributed by atoms with Crippen molar-refractivity contribution >= 4 is 44.2 Å². The molecule has 1 heterocycles. The van der Waals surface area contributed by atoms with Crippen molar-refractivity contribution in [2.75, 3.05) is 11.9 Å². The van der Waals surface area contributed by atoms with Crippen LogP contribution in [-0.2, 0) is 4.79 Å². The Bertz CT molecular complexity index is 837. The van der Waals surface area contributed by atoms with E-state index in [2.05, 4.69) is 10.3 Å². The van der Waals surface area contributed by atoms with E-state index in [1.807, 2.05) is 0 Å². The van der Waals surface area contributed by atoms with Gasteiger partial charge < -0.3 is 4.74 Å². The van der Waals surface area contributed by atoms with Gasteiger partial charge in [-0.15, -0.1) is 0 Å². The van der Waals surface area contributed by atoms with Crippen LogP contribution in [0.15, 0.2) is 42.5 Å². The molecule has 3 aromatic rings. The van der Waals surface area contributed by atoms with Crippen molar-refractivity contribution < 1.29 is 13.9 Å². The summed E-state index contributed by atoms with van der Waals surface area (Å²) in [5.41, 5.74) is 0.750. The lowest BCUT2D eigenvalue weighted by Gasteiger charge is -2.06. The number of para-hydroxylation sites is 1. The van der Waals surface area contributed by atoms with E-state index < -0.39 is 11.7 Å². The van der Waals surface area contributed by atoms with E-state index in [1.54, 1.807) is 30.3 Å². The van der Waals surface area contributed by atoms with Crippen LogP contribution < -0.4 is 10.1 Å². The molecule has 0 aliphatic heterocycles. The molecule has 0 bridgehead atoms. The number of nitrogens with one attached hydrogen (secondary N) is 1. The van der Waals surface area contributed by atoms with E-state index >= 15 is 0 Å². The molecule has 1 N–H and O–H groups in total. The maximum atomic E-state index is 13.4. The molecule has 0 unspecified atom stereocenters. The second-order valence-electron chi connectivity index (χ2n) is 4.40. The van der Waals surface area contributed by atoms with Gasteiger partial charge in [0.1, 0.15) is 0 Å². The van der Waals surface area contributed by atoms with Gasteiger partial charge in [-0.2, -0.15) is 0 Å². The van der Waals surface area contributed by atoms with E-state index in [1.165, 1.54) is 23.5 Å². The Balaban J connectivity index is 1.64. The summed E-state index contributed by atoms with van der Waals surface area (Å²) in [5.74, 6) is -0.882. The second-order valence-corrected chi connectivity index (χ2v) is 5.87. The van der Waals surface area contributed by atoms with Crippen molar-refractivity contribution in [3.05, 3.63) is 53.3 Å². The molecular weight excluding hydrogens is 327 g/mol. The Hall–Kier alpha value is -2.18. The van der Waals surface area contributed by atoms with Crippen LogP contribution >= 0.6 is 22.9 Å². The average Bonchev–Trinajstić information content (AvgIpc) is 2.87. The smallest absolute Gasteiger partial charge is 0.264 e. The van der Waals surface area contributed by atoms with E-state index in [0.717, 1.165) is 10.2 Å². The quantitative estimate of drug-likeness (QED) is 0.780. The van der Waals surface area contributed by atoms with Crippen molar-refractivity contribution in [3.63, 3.8) is 0 Å². The Morgan fingerprint density at radius 1 is 1.32 bits per heavy atom. The fraction of sp³-hybridized carbons (Fsp3) is 0.0667. The fourth-order valence-corrected chi connectivity index (χ4v) is 2.97. The van der Waals surface area contributed by atoms with Gasteiger partial charge in [-0.3, -0.25) is 10.1 Å². The van der Waals surface area contributed by atoms with Gasteiger partial charge in [0.25, 0.3) is 5.91 Å². The number of anilines is 1. The van der Waals surface area contributed by atoms with Crippen molar-refractivity contribution in [2.24, 2.45) is 0 Å². The molecule has 3 rings (SSSR count). The fourth-order valence-electron chi connectivity index (χ4n) is 1.81. The second kappa shape index (κ2) is 6.29. The molecule has 4 nitrogen and oxygen atoms in total. The number of rotatable bonds is 4. The summed E-state index contributed by atoms with van der Waals surface area (Å²) in [7, 11) is 0. The SMILES string of the molecule is O=C(COc1ccccc1F)Nc1nc2ccc(Cl)cc2s1. The van der Waals surface area contributed by atoms with Gasteiger partial charge in [0.2, 0.25) is 0 Å². The number of ether oxygens (including phenoxy) is 1. The highest BCUT2D eigenvalue weighted by molar-refractivity contribution is 7.22. The zero-order chi connectivity index (χ0) is 15.5. The van der Waals surface area contributed by atoms with Gasteiger partial charge >= 0.3 is 0 Å². The topological polar surface area (TPSA) is 51.2 Å². The summed E-state index contributed by atoms with van der Waals surface area (Å²) < 4.78 is 19.4. The molecule has 22 heavy (non-hydrogen) atoms. The molecule has 2 aromatic carbocycles. The Labute approximate surface area is 134 Å². The number of aromatic nitrogens is 1. The number of amides is 1. The number of thiazole rings is 1. The number of hydrogen-bond donors (Lipinski definition) is 1. The third kappa shape index (κ3) is 3.35. The van der Waals surface area contributed by atoms with Crippen LogP contribution in [0.3, 0.4) is 0 Å². The van der Waals surface area contributed by atoms with Crippen LogP contribution in [-0.4, -0.2) is 17.5 Å². The van der Waals surface area contributed by atoms with Crippen molar-refractivity contribution in [3.8, 4) is 5.75 Å². The van der Waals surface area contributed by atoms with Gasteiger partial charge in [-0.05, 0) is 30.3 Å². The Kier molecular flexibility index (Phi) is 4.22. The summed E-state index contributed by atoms with van der Waals surface area (Å²) in [5, 5.41) is 3.67. The first-order valence-corrected chi connectivity index (χ1v) is 7.54. The number of benzene rings is 2. The lowest BCUT2D eigenvalue weighted by atomic mass is 10.3. The standard InChI is InChI=1S/C15H10ClFN2O2S/c16-9-5-6-11-13(7-9)22-15(18-11)19-14(20)8-21-12-4-2-1-3-10(12)17/h1-7H,8H2,(H,18,19,20). The lowest BCUT2D eigenvalue weighted by molar-refractivity contribution is -0.118. The number of halogens is 2. The van der Waals surface area contributed by atoms with E-state index in [4.69, 9.17) is 16.3 Å². The summed E-state index contributed by atoms with van der Waals surface area (Å²) in [4.78, 5) is 16.1. The van der Waals surface area contributed by atoms with Gasteiger partial charge in [-0.25, -0.2) is 9.37 Å². The largest absolute Gasteiger partial charge is 0.481 e. The molecule has 112 valence electrons. The van der Waals surface area contributed by atoms with E-state index in [0.29, 0.717) is 10.2 Å². The van der Waals surface area contributed by atoms with Crippen LogP contribution in [0.4, 0.5) is 9.52 Å². The first-order valence-electron chi connectivity index (χ1n) is 6.35. The normalized spacial score (nSPS) is 10.6. The Morgan fingerprint density at radius 3 is 2.95 bits per heavy atom. The average molecular weight is 337 g/mol. The minimum absolute atomic E-state index is 0.0359. The number of carbonyl (C=O) groups excluding carboxylic acids is 1. The molecule has 0 spiro atoms. The van der Waals surface area contributed by atoms with Gasteiger partial charge in [0, 0.05) is 5.02 Å². The molecule has 0 aliphatic rings. The summed E-state index contributed by atoms with van der Waals surface area (Å²) >= 11 is 7.21. The molecule has 1 amide bonds. The first kappa shape index (κ1) is 14.7. The molecule has 0 saturated heterocycles. The van der Waals surface area contributed by atoms with Crippen LogP contribution in [0.25, 0.3) is 10.2 Å². The highest BCUT2D eigenvalue weighted by Gasteiger charge is 2.10. The predicted octanol–water partition coefficient (Wildman–Crippen LogP) is 4.11. The van der Waals surface area contributed by atoms with Crippen molar-refractivity contribution in [2.45, 2.75) is 0 Å². The molecule has 0 fully saturated rings. The van der Waals surface area contributed by atoms with Gasteiger partial charge in [0.15, 0.2) is 23.3 Å². The van der Waals surface area contributed by atoms with Crippen LogP contribution in [0.1, 0.15) is 0 Å². The van der Waals surface area contributed by atoms with E-state index in [-0.39, 0.29) is 12.4 Å². The maximum absolute atomic E-state index is 13.4. The van der Waals surface area contributed by atoms with Crippen LogP contribution in [0.2, 0.25) is 5.02 Å². The van der Waals surface area contributed by atoms with Gasteiger partial charge in [-0.1, -0.05) is 35.1 Å². The zero-order valence-corrected chi connectivity index (χ0v) is 12.7. The number of hydrogen-bond acceptors (Lipinski definition) is 4. The molecule has 7 heteroatoms. The summed E-state index contributed by atoms with van der Waals surface area (Å²) in [6.07, 6.45) is 0. The number of nitrogens with zero attached hydrogens (tertiary/aromatic N) is 1. The molecule has 0 aliphatic carbocycles. The number of fused-ring (bicyclic) bond motifs is 1. The molecule has 0 atom stereocenters. The number of carbonyl (C=O) groups is 1. The highest BCUT2D eigenvalue weighted by atomic mass is 35.5. The summed E-state index contributed by atoms with van der Waals surface area (Å²) in [6.45, 7) is -0.294. The van der Waals surface area contributed by atoms with Crippen LogP contribution in [0, 0.1) is 5.82 Å². The molecule has 0 saturated carbocycles. The van der Waals surface area contributed by atoms with E-state index in [9.17, 15) is 9.18 Å². The Morgan fingerprint density at radius 2 is 2.14 bits per heavy atom. The predicted molar refractivity (Wildman–Crippen MR) is 85.2 cm³/mol. The highest BCUT2D eigenvalue weighted by Crippen LogP contribution is 2.28. The first-order chi connectivity index (χ1) is 10.6. The minimum atomic E-state index is -0.509. The van der Waals surface area contributed by atoms with Crippen LogP contribution in [0.5, 0.6) is 5.75 Å². The van der Waals surface area contributed by atoms with Crippen molar-refractivity contribution in [1.29, 1.82) is 0 Å². The molecular formula is C15H10ClFN2O2S. The minimum Gasteiger partial charge on any atom is -0.481 e. The molecule has 1 aromatic heterocycles. The monoisotopic (exact) mass is 336 g/mol.